The highest BCUT2D eigenvalue weighted by molar-refractivity contribution is 5.22. The standard InChI is InChI=1S/C18H23NO2/c19-14-18(20,17-11-5-2-6-12-17)15-21-13-7-10-16-8-3-1-4-9-16/h1-6,8-9,11-12,20H,7,10,13-15,19H2. The van der Waals surface area contributed by atoms with Crippen molar-refractivity contribution in [1.82, 2.24) is 0 Å². The van der Waals surface area contributed by atoms with Crippen LogP contribution in [0.25, 0.3) is 0 Å². The number of benzene rings is 2. The fourth-order valence-corrected chi connectivity index (χ4v) is 2.27. The van der Waals surface area contributed by atoms with Gasteiger partial charge in [-0.2, -0.15) is 0 Å². The molecule has 0 saturated carbocycles. The van der Waals surface area contributed by atoms with Gasteiger partial charge in [-0.05, 0) is 24.0 Å². The van der Waals surface area contributed by atoms with Crippen molar-refractivity contribution in [3.05, 3.63) is 71.8 Å². The lowest BCUT2D eigenvalue weighted by Crippen LogP contribution is -2.39. The first-order valence-corrected chi connectivity index (χ1v) is 7.34. The second kappa shape index (κ2) is 7.93. The van der Waals surface area contributed by atoms with Gasteiger partial charge >= 0.3 is 0 Å². The summed E-state index contributed by atoms with van der Waals surface area (Å²) in [6.07, 6.45) is 1.91. The van der Waals surface area contributed by atoms with E-state index in [1.54, 1.807) is 0 Å². The molecular weight excluding hydrogens is 262 g/mol. The van der Waals surface area contributed by atoms with Gasteiger partial charge in [0, 0.05) is 13.2 Å². The first kappa shape index (κ1) is 15.7. The molecule has 0 aromatic heterocycles. The Labute approximate surface area is 126 Å². The molecule has 1 unspecified atom stereocenters. The van der Waals surface area contributed by atoms with E-state index in [1.165, 1.54) is 5.56 Å². The highest BCUT2D eigenvalue weighted by Crippen LogP contribution is 2.20. The molecule has 1 atom stereocenters. The molecular formula is C18H23NO2. The minimum absolute atomic E-state index is 0.149. The van der Waals surface area contributed by atoms with Gasteiger partial charge in [0.25, 0.3) is 0 Å². The first-order valence-electron chi connectivity index (χ1n) is 7.34. The van der Waals surface area contributed by atoms with Gasteiger partial charge in [0.2, 0.25) is 0 Å². The Morgan fingerprint density at radius 3 is 2.19 bits per heavy atom. The van der Waals surface area contributed by atoms with Gasteiger partial charge in [-0.1, -0.05) is 60.7 Å². The van der Waals surface area contributed by atoms with Gasteiger partial charge in [-0.3, -0.25) is 0 Å². The molecule has 0 saturated heterocycles. The largest absolute Gasteiger partial charge is 0.381 e. The molecule has 0 fully saturated rings. The van der Waals surface area contributed by atoms with Crippen LogP contribution >= 0.6 is 0 Å². The Hall–Kier alpha value is -1.68. The Kier molecular flexibility index (Phi) is 5.93. The highest BCUT2D eigenvalue weighted by atomic mass is 16.5. The van der Waals surface area contributed by atoms with Crippen LogP contribution in [0.5, 0.6) is 0 Å². The number of hydrogen-bond acceptors (Lipinski definition) is 3. The summed E-state index contributed by atoms with van der Waals surface area (Å²) in [5.41, 5.74) is 6.72. The van der Waals surface area contributed by atoms with E-state index >= 15 is 0 Å². The van der Waals surface area contributed by atoms with Crippen molar-refractivity contribution in [3.8, 4) is 0 Å². The zero-order valence-electron chi connectivity index (χ0n) is 12.2. The molecule has 0 spiro atoms. The zero-order valence-corrected chi connectivity index (χ0v) is 12.2. The van der Waals surface area contributed by atoms with Gasteiger partial charge in [0.15, 0.2) is 0 Å². The van der Waals surface area contributed by atoms with Crippen LogP contribution in [-0.4, -0.2) is 24.9 Å². The predicted molar refractivity (Wildman–Crippen MR) is 85.0 cm³/mol. The number of hydrogen-bond donors (Lipinski definition) is 2. The smallest absolute Gasteiger partial charge is 0.125 e. The fourth-order valence-electron chi connectivity index (χ4n) is 2.27. The summed E-state index contributed by atoms with van der Waals surface area (Å²) < 4.78 is 5.64. The fraction of sp³-hybridized carbons (Fsp3) is 0.333. The summed E-state index contributed by atoms with van der Waals surface area (Å²) in [4.78, 5) is 0. The monoisotopic (exact) mass is 285 g/mol. The van der Waals surface area contributed by atoms with Crippen molar-refractivity contribution >= 4 is 0 Å². The third kappa shape index (κ3) is 4.67. The predicted octanol–water partition coefficient (Wildman–Crippen LogP) is 2.48. The molecule has 0 radical (unpaired) electrons. The molecule has 0 amide bonds. The van der Waals surface area contributed by atoms with Gasteiger partial charge in [-0.25, -0.2) is 0 Å². The number of rotatable bonds is 8. The van der Waals surface area contributed by atoms with Crippen molar-refractivity contribution in [3.63, 3.8) is 0 Å². The summed E-state index contributed by atoms with van der Waals surface area (Å²) in [5.74, 6) is 0. The van der Waals surface area contributed by atoms with Gasteiger partial charge in [0.1, 0.15) is 5.60 Å². The summed E-state index contributed by atoms with van der Waals surface area (Å²) in [6, 6.07) is 19.8. The molecule has 0 heterocycles. The molecule has 112 valence electrons. The van der Waals surface area contributed by atoms with E-state index in [9.17, 15) is 5.11 Å². The summed E-state index contributed by atoms with van der Waals surface area (Å²) in [6.45, 7) is 0.988. The molecule has 2 rings (SSSR count). The molecule has 3 heteroatoms. The van der Waals surface area contributed by atoms with Crippen LogP contribution in [0.4, 0.5) is 0 Å². The maximum Gasteiger partial charge on any atom is 0.125 e. The van der Waals surface area contributed by atoms with Gasteiger partial charge < -0.3 is 15.6 Å². The zero-order chi connectivity index (χ0) is 15.0. The Morgan fingerprint density at radius 1 is 0.952 bits per heavy atom. The van der Waals surface area contributed by atoms with Crippen molar-refractivity contribution in [1.29, 1.82) is 0 Å². The van der Waals surface area contributed by atoms with E-state index in [1.807, 2.05) is 48.5 Å². The van der Waals surface area contributed by atoms with Crippen LogP contribution in [0.1, 0.15) is 17.5 Å². The molecule has 0 bridgehead atoms. The van der Waals surface area contributed by atoms with Crippen molar-refractivity contribution in [2.24, 2.45) is 5.73 Å². The minimum atomic E-state index is -1.10. The van der Waals surface area contributed by atoms with E-state index in [2.05, 4.69) is 12.1 Å². The van der Waals surface area contributed by atoms with Crippen molar-refractivity contribution in [2.45, 2.75) is 18.4 Å². The first-order chi connectivity index (χ1) is 10.2. The third-order valence-corrected chi connectivity index (χ3v) is 3.59. The van der Waals surface area contributed by atoms with E-state index < -0.39 is 5.60 Å². The second-order valence-electron chi connectivity index (χ2n) is 5.24. The molecule has 21 heavy (non-hydrogen) atoms. The van der Waals surface area contributed by atoms with Crippen molar-refractivity contribution < 1.29 is 9.84 Å². The number of aliphatic hydroxyl groups is 1. The second-order valence-corrected chi connectivity index (χ2v) is 5.24. The molecule has 2 aromatic rings. The molecule has 2 aromatic carbocycles. The highest BCUT2D eigenvalue weighted by Gasteiger charge is 2.27. The normalized spacial score (nSPS) is 13.8. The van der Waals surface area contributed by atoms with E-state index in [4.69, 9.17) is 10.5 Å². The minimum Gasteiger partial charge on any atom is -0.381 e. The molecule has 0 aliphatic heterocycles. The summed E-state index contributed by atoms with van der Waals surface area (Å²) in [5, 5.41) is 10.6. The van der Waals surface area contributed by atoms with Crippen LogP contribution in [0.3, 0.4) is 0 Å². The van der Waals surface area contributed by atoms with Crippen LogP contribution < -0.4 is 5.73 Å². The Balaban J connectivity index is 1.76. The van der Waals surface area contributed by atoms with Crippen LogP contribution in [0.15, 0.2) is 60.7 Å². The van der Waals surface area contributed by atoms with Gasteiger partial charge in [0.05, 0.1) is 6.61 Å². The quantitative estimate of drug-likeness (QED) is 0.733. The Bertz CT molecular complexity index is 515. The van der Waals surface area contributed by atoms with Crippen LogP contribution in [0.2, 0.25) is 0 Å². The molecule has 0 aliphatic rings. The maximum atomic E-state index is 10.6. The number of ether oxygens (including phenoxy) is 1. The average molecular weight is 285 g/mol. The summed E-state index contributed by atoms with van der Waals surface area (Å²) in [7, 11) is 0. The number of nitrogens with two attached hydrogens (primary N) is 1. The van der Waals surface area contributed by atoms with E-state index in [0.717, 1.165) is 18.4 Å². The van der Waals surface area contributed by atoms with Crippen molar-refractivity contribution in [2.75, 3.05) is 19.8 Å². The lowest BCUT2D eigenvalue weighted by molar-refractivity contribution is -0.0448. The lowest BCUT2D eigenvalue weighted by atomic mass is 9.95. The summed E-state index contributed by atoms with van der Waals surface area (Å²) >= 11 is 0. The SMILES string of the molecule is NCC(O)(COCCCc1ccccc1)c1ccccc1. The Morgan fingerprint density at radius 2 is 1.57 bits per heavy atom. The van der Waals surface area contributed by atoms with Crippen LogP contribution in [0, 0.1) is 0 Å². The van der Waals surface area contributed by atoms with Crippen LogP contribution in [-0.2, 0) is 16.8 Å². The lowest BCUT2D eigenvalue weighted by Gasteiger charge is -2.26. The molecule has 0 aliphatic carbocycles. The van der Waals surface area contributed by atoms with E-state index in [-0.39, 0.29) is 13.2 Å². The molecule has 3 N–H and O–H groups in total. The average Bonchev–Trinajstić information content (AvgIpc) is 2.56. The third-order valence-electron chi connectivity index (χ3n) is 3.59. The topological polar surface area (TPSA) is 55.5 Å². The number of aryl methyl sites for hydroxylation is 1. The molecule has 3 nitrogen and oxygen atoms in total. The van der Waals surface area contributed by atoms with Gasteiger partial charge in [-0.15, -0.1) is 0 Å². The van der Waals surface area contributed by atoms with E-state index in [0.29, 0.717) is 6.61 Å². The maximum absolute atomic E-state index is 10.6.